The molecule has 1 aromatic rings. The minimum Gasteiger partial charge on any atom is -0.394 e. The van der Waals surface area contributed by atoms with Gasteiger partial charge in [-0.2, -0.15) is 4.39 Å². The van der Waals surface area contributed by atoms with Gasteiger partial charge in [-0.1, -0.05) is 32.6 Å². The van der Waals surface area contributed by atoms with Crippen LogP contribution in [0.3, 0.4) is 0 Å². The molecule has 9 heteroatoms. The summed E-state index contributed by atoms with van der Waals surface area (Å²) in [6.45, 7) is 1.45. The summed E-state index contributed by atoms with van der Waals surface area (Å²) in [5, 5.41) is 20.2. The van der Waals surface area contributed by atoms with E-state index in [9.17, 15) is 29.0 Å². The molecule has 26 heavy (non-hydrogen) atoms. The van der Waals surface area contributed by atoms with Crippen molar-refractivity contribution < 1.29 is 24.1 Å². The van der Waals surface area contributed by atoms with Gasteiger partial charge in [0.2, 0.25) is 5.82 Å². The first-order valence-corrected chi connectivity index (χ1v) is 8.86. The van der Waals surface area contributed by atoms with Crippen LogP contribution in [0, 0.1) is 5.82 Å². The number of halogens is 1. The quantitative estimate of drug-likeness (QED) is 0.546. The number of aromatic amines is 1. The van der Waals surface area contributed by atoms with Gasteiger partial charge in [-0.15, -0.1) is 0 Å². The van der Waals surface area contributed by atoms with Gasteiger partial charge in [-0.3, -0.25) is 19.1 Å². The van der Waals surface area contributed by atoms with Gasteiger partial charge in [0.1, 0.15) is 12.3 Å². The Bertz CT molecular complexity index is 746. The number of H-pyrrole nitrogens is 1. The maximum absolute atomic E-state index is 13.5. The minimum absolute atomic E-state index is 0.127. The molecule has 3 atom stereocenters. The largest absolute Gasteiger partial charge is 0.394 e. The molecule has 2 heterocycles. The van der Waals surface area contributed by atoms with Crippen LogP contribution in [0.15, 0.2) is 15.8 Å². The molecule has 1 aliphatic heterocycles. The van der Waals surface area contributed by atoms with Gasteiger partial charge in [0.25, 0.3) is 5.56 Å². The number of aliphatic hydroxyl groups excluding tert-OH is 1. The molecule has 0 amide bonds. The van der Waals surface area contributed by atoms with E-state index < -0.39 is 47.4 Å². The molecular formula is C17H25FN2O6. The third-order valence-corrected chi connectivity index (χ3v) is 4.73. The van der Waals surface area contributed by atoms with Crippen LogP contribution in [0.5, 0.6) is 0 Å². The van der Waals surface area contributed by atoms with E-state index in [1.807, 2.05) is 0 Å². The number of rotatable bonds is 9. The van der Waals surface area contributed by atoms with Gasteiger partial charge < -0.3 is 14.9 Å². The van der Waals surface area contributed by atoms with Crippen LogP contribution < -0.4 is 11.2 Å². The number of nitrogens with zero attached hydrogens (tertiary/aromatic N) is 1. The van der Waals surface area contributed by atoms with Crippen LogP contribution in [-0.4, -0.2) is 43.9 Å². The highest BCUT2D eigenvalue weighted by Gasteiger charge is 2.52. The summed E-state index contributed by atoms with van der Waals surface area (Å²) in [7, 11) is 0. The van der Waals surface area contributed by atoms with E-state index in [0.29, 0.717) is 12.6 Å². The summed E-state index contributed by atoms with van der Waals surface area (Å²) in [6, 6.07) is 0. The topological polar surface area (TPSA) is 122 Å². The highest BCUT2D eigenvalue weighted by Crippen LogP contribution is 2.37. The lowest BCUT2D eigenvalue weighted by Crippen LogP contribution is -2.47. The molecule has 3 N–H and O–H groups in total. The number of hydrogen-bond acceptors (Lipinski definition) is 6. The Morgan fingerprint density at radius 2 is 2.08 bits per heavy atom. The van der Waals surface area contributed by atoms with Crippen LogP contribution in [0.1, 0.15) is 58.1 Å². The standard InChI is InChI=1S/C17H25FN2O6/c1-2-3-4-5-6-7-12(22)17(25)8-14(26-13(17)10-21)20-9-11(18)15(23)19-16(20)24/h9,13-14,21,25H,2-8,10H2,1H3,(H,19,23,24)/t13-,14-,17-/m1/s1. The van der Waals surface area contributed by atoms with Crippen molar-refractivity contribution in [3.63, 3.8) is 0 Å². The summed E-state index contributed by atoms with van der Waals surface area (Å²) in [5.41, 5.74) is -4.05. The van der Waals surface area contributed by atoms with Crippen molar-refractivity contribution in [1.82, 2.24) is 9.55 Å². The van der Waals surface area contributed by atoms with E-state index in [2.05, 4.69) is 6.92 Å². The molecule has 1 aromatic heterocycles. The number of ether oxygens (including phenoxy) is 1. The molecule has 2 rings (SSSR count). The lowest BCUT2D eigenvalue weighted by Gasteiger charge is -2.25. The molecule has 146 valence electrons. The number of hydrogen-bond donors (Lipinski definition) is 3. The van der Waals surface area contributed by atoms with Gasteiger partial charge in [0.05, 0.1) is 12.8 Å². The number of unbranched alkanes of at least 4 members (excludes halogenated alkanes) is 4. The Kier molecular flexibility index (Phi) is 6.85. The summed E-state index contributed by atoms with van der Waals surface area (Å²) in [6.07, 6.45) is 2.70. The third kappa shape index (κ3) is 4.28. The molecule has 1 saturated heterocycles. The van der Waals surface area contributed by atoms with Crippen molar-refractivity contribution in [3.8, 4) is 0 Å². The van der Waals surface area contributed by atoms with Gasteiger partial charge >= 0.3 is 5.69 Å². The fourth-order valence-electron chi connectivity index (χ4n) is 3.18. The lowest BCUT2D eigenvalue weighted by molar-refractivity contribution is -0.146. The normalized spacial score (nSPS) is 25.5. The summed E-state index contributed by atoms with van der Waals surface area (Å²) in [5.74, 6) is -1.67. The van der Waals surface area contributed by atoms with E-state index in [1.54, 1.807) is 4.98 Å². The predicted octanol–water partition coefficient (Wildman–Crippen LogP) is 0.616. The third-order valence-electron chi connectivity index (χ3n) is 4.73. The maximum Gasteiger partial charge on any atom is 0.330 e. The minimum atomic E-state index is -1.96. The molecule has 8 nitrogen and oxygen atoms in total. The average Bonchev–Trinajstić information content (AvgIpc) is 2.95. The first-order valence-electron chi connectivity index (χ1n) is 8.86. The first-order chi connectivity index (χ1) is 12.3. The van der Waals surface area contributed by atoms with Crippen molar-refractivity contribution in [2.75, 3.05) is 6.61 Å². The van der Waals surface area contributed by atoms with E-state index >= 15 is 0 Å². The second-order valence-electron chi connectivity index (χ2n) is 6.62. The average molecular weight is 372 g/mol. The predicted molar refractivity (Wildman–Crippen MR) is 90.2 cm³/mol. The zero-order valence-electron chi connectivity index (χ0n) is 14.7. The van der Waals surface area contributed by atoms with Crippen LogP contribution in [-0.2, 0) is 9.53 Å². The number of ketones is 1. The maximum atomic E-state index is 13.5. The lowest BCUT2D eigenvalue weighted by atomic mass is 9.87. The summed E-state index contributed by atoms with van der Waals surface area (Å²) < 4.78 is 19.7. The Morgan fingerprint density at radius 1 is 1.38 bits per heavy atom. The van der Waals surface area contributed by atoms with Crippen molar-refractivity contribution in [2.24, 2.45) is 0 Å². The second kappa shape index (κ2) is 8.70. The Labute approximate surface area is 149 Å². The van der Waals surface area contributed by atoms with Gasteiger partial charge in [0.15, 0.2) is 11.4 Å². The first kappa shape index (κ1) is 20.5. The molecule has 1 fully saturated rings. The van der Waals surface area contributed by atoms with E-state index in [4.69, 9.17) is 4.74 Å². The number of carbonyl (C=O) groups excluding carboxylic acids is 1. The molecule has 0 saturated carbocycles. The molecule has 0 bridgehead atoms. The molecule has 0 aliphatic carbocycles. The monoisotopic (exact) mass is 372 g/mol. The number of aromatic nitrogens is 2. The Balaban J connectivity index is 2.12. The highest BCUT2D eigenvalue weighted by atomic mass is 19.1. The SMILES string of the molecule is CCCCCCCC(=O)[C@]1(O)C[C@H](n2cc(F)c(=O)[nH]c2=O)O[C@@H]1CO. The number of aliphatic hydroxyl groups is 2. The van der Waals surface area contributed by atoms with Crippen molar-refractivity contribution in [3.05, 3.63) is 32.9 Å². The molecular weight excluding hydrogens is 347 g/mol. The Morgan fingerprint density at radius 3 is 2.73 bits per heavy atom. The highest BCUT2D eigenvalue weighted by molar-refractivity contribution is 5.88. The van der Waals surface area contributed by atoms with Crippen LogP contribution in [0.4, 0.5) is 4.39 Å². The van der Waals surface area contributed by atoms with Crippen molar-refractivity contribution in [2.45, 2.75) is 69.8 Å². The molecule has 0 aromatic carbocycles. The second-order valence-corrected chi connectivity index (χ2v) is 6.62. The van der Waals surface area contributed by atoms with Crippen molar-refractivity contribution in [1.29, 1.82) is 0 Å². The fourth-order valence-corrected chi connectivity index (χ4v) is 3.18. The summed E-state index contributed by atoms with van der Waals surface area (Å²) >= 11 is 0. The smallest absolute Gasteiger partial charge is 0.330 e. The van der Waals surface area contributed by atoms with E-state index in [1.165, 1.54) is 0 Å². The molecule has 0 unspecified atom stereocenters. The zero-order chi connectivity index (χ0) is 19.3. The van der Waals surface area contributed by atoms with Crippen molar-refractivity contribution >= 4 is 5.78 Å². The Hall–Kier alpha value is -1.84. The van der Waals surface area contributed by atoms with Crippen LogP contribution in [0.25, 0.3) is 0 Å². The van der Waals surface area contributed by atoms with E-state index in [0.717, 1.165) is 30.3 Å². The fraction of sp³-hybridized carbons (Fsp3) is 0.706. The molecule has 0 radical (unpaired) electrons. The van der Waals surface area contributed by atoms with Gasteiger partial charge in [0, 0.05) is 12.8 Å². The van der Waals surface area contributed by atoms with Gasteiger partial charge in [-0.25, -0.2) is 4.79 Å². The van der Waals surface area contributed by atoms with E-state index in [-0.39, 0.29) is 12.8 Å². The molecule has 1 aliphatic rings. The van der Waals surface area contributed by atoms with Gasteiger partial charge in [-0.05, 0) is 6.42 Å². The number of carbonyl (C=O) groups is 1. The zero-order valence-corrected chi connectivity index (χ0v) is 14.7. The number of Topliss-reactive ketones (excluding diaryl/α,β-unsaturated/α-hetero) is 1. The van der Waals surface area contributed by atoms with Crippen LogP contribution in [0.2, 0.25) is 0 Å². The number of nitrogens with one attached hydrogen (secondary N) is 1. The molecule has 0 spiro atoms. The summed E-state index contributed by atoms with van der Waals surface area (Å²) in [4.78, 5) is 37.3. The van der Waals surface area contributed by atoms with Crippen LogP contribution >= 0.6 is 0 Å².